The number of nitrogens with zero attached hydrogens (tertiary/aromatic N) is 1. The van der Waals surface area contributed by atoms with Gasteiger partial charge in [-0.1, -0.05) is 47.7 Å². The molecule has 0 unspecified atom stereocenters. The first-order valence-electron chi connectivity index (χ1n) is 8.97. The van der Waals surface area contributed by atoms with Crippen LogP contribution in [-0.2, 0) is 4.79 Å². The van der Waals surface area contributed by atoms with Gasteiger partial charge in [0.15, 0.2) is 11.5 Å². The molecule has 152 valence electrons. The number of para-hydroxylation sites is 2. The third-order valence-electron chi connectivity index (χ3n) is 4.12. The van der Waals surface area contributed by atoms with Gasteiger partial charge in [0.1, 0.15) is 23.3 Å². The lowest BCUT2D eigenvalue weighted by molar-refractivity contribution is -0.121. The molecule has 0 radical (unpaired) electrons. The number of methoxy groups -OCH3 is 1. The standard InChI is InChI=1S/C21H20ClNO4S2/c1-3-23-20(24)19(29-21(23)28)13-14-12-15(22)8-9-16(14)26-10-11-27-18-7-5-4-6-17(18)25-2/h4-9,12-13H,3,10-11H2,1-2H3/b19-13-. The molecule has 8 heteroatoms. The molecule has 0 bridgehead atoms. The Bertz CT molecular complexity index is 948. The molecule has 1 heterocycles. The van der Waals surface area contributed by atoms with Crippen molar-refractivity contribution in [3.05, 3.63) is 58.0 Å². The predicted molar refractivity (Wildman–Crippen MR) is 121 cm³/mol. The van der Waals surface area contributed by atoms with Crippen molar-refractivity contribution in [2.75, 3.05) is 26.9 Å². The minimum absolute atomic E-state index is 0.104. The molecule has 1 amide bonds. The smallest absolute Gasteiger partial charge is 0.266 e. The van der Waals surface area contributed by atoms with E-state index in [0.717, 1.165) is 0 Å². The fourth-order valence-corrected chi connectivity index (χ4v) is 4.27. The molecule has 1 fully saturated rings. The number of ether oxygens (including phenoxy) is 3. The largest absolute Gasteiger partial charge is 0.493 e. The van der Waals surface area contributed by atoms with Gasteiger partial charge in [0.25, 0.3) is 5.91 Å². The molecular formula is C21H20ClNO4S2. The molecule has 0 spiro atoms. The van der Waals surface area contributed by atoms with Gasteiger partial charge in [-0.3, -0.25) is 9.69 Å². The minimum Gasteiger partial charge on any atom is -0.493 e. The van der Waals surface area contributed by atoms with Crippen molar-refractivity contribution in [1.82, 2.24) is 4.90 Å². The Morgan fingerprint density at radius 3 is 2.45 bits per heavy atom. The minimum atomic E-state index is -0.104. The van der Waals surface area contributed by atoms with Gasteiger partial charge in [0, 0.05) is 17.1 Å². The first-order valence-corrected chi connectivity index (χ1v) is 10.6. The summed E-state index contributed by atoms with van der Waals surface area (Å²) in [6.45, 7) is 3.08. The Labute approximate surface area is 184 Å². The number of carbonyl (C=O) groups excluding carboxylic acids is 1. The first-order chi connectivity index (χ1) is 14.0. The van der Waals surface area contributed by atoms with Gasteiger partial charge >= 0.3 is 0 Å². The van der Waals surface area contributed by atoms with Crippen LogP contribution in [0.15, 0.2) is 47.4 Å². The zero-order chi connectivity index (χ0) is 20.8. The van der Waals surface area contributed by atoms with E-state index in [1.807, 2.05) is 31.2 Å². The maximum Gasteiger partial charge on any atom is 0.266 e. The number of thioether (sulfide) groups is 1. The number of thiocarbonyl (C=S) groups is 1. The summed E-state index contributed by atoms with van der Waals surface area (Å²) >= 11 is 12.7. The van der Waals surface area contributed by atoms with Crippen LogP contribution >= 0.6 is 35.6 Å². The number of rotatable bonds is 8. The molecule has 5 nitrogen and oxygen atoms in total. The van der Waals surface area contributed by atoms with Crippen LogP contribution in [0.2, 0.25) is 5.02 Å². The molecule has 2 aromatic rings. The second-order valence-corrected chi connectivity index (χ2v) is 8.07. The third-order valence-corrected chi connectivity index (χ3v) is 5.73. The monoisotopic (exact) mass is 449 g/mol. The molecule has 0 saturated carbocycles. The molecule has 2 aromatic carbocycles. The van der Waals surface area contributed by atoms with Crippen LogP contribution in [0.3, 0.4) is 0 Å². The van der Waals surface area contributed by atoms with Crippen molar-refractivity contribution in [1.29, 1.82) is 0 Å². The summed E-state index contributed by atoms with van der Waals surface area (Å²) in [5.41, 5.74) is 0.714. The van der Waals surface area contributed by atoms with E-state index >= 15 is 0 Å². The molecule has 0 aliphatic carbocycles. The quantitative estimate of drug-likeness (QED) is 0.320. The molecule has 0 N–H and O–H groups in total. The first kappa shape index (κ1) is 21.5. The Kier molecular flexibility index (Phi) is 7.41. The van der Waals surface area contributed by atoms with Gasteiger partial charge in [-0.2, -0.15) is 0 Å². The summed E-state index contributed by atoms with van der Waals surface area (Å²) < 4.78 is 17.4. The molecule has 0 aromatic heterocycles. The second-order valence-electron chi connectivity index (χ2n) is 5.96. The van der Waals surface area contributed by atoms with E-state index in [1.165, 1.54) is 11.8 Å². The summed E-state index contributed by atoms with van der Waals surface area (Å²) in [7, 11) is 1.60. The summed E-state index contributed by atoms with van der Waals surface area (Å²) in [5.74, 6) is 1.82. The van der Waals surface area contributed by atoms with Crippen molar-refractivity contribution >= 4 is 51.9 Å². The van der Waals surface area contributed by atoms with Gasteiger partial charge in [-0.25, -0.2) is 0 Å². The van der Waals surface area contributed by atoms with Gasteiger partial charge in [-0.15, -0.1) is 0 Å². The number of amides is 1. The van der Waals surface area contributed by atoms with Gasteiger partial charge in [0.05, 0.1) is 12.0 Å². The van der Waals surface area contributed by atoms with Crippen LogP contribution in [0.1, 0.15) is 12.5 Å². The number of benzene rings is 2. The van der Waals surface area contributed by atoms with E-state index in [0.29, 0.717) is 56.8 Å². The Morgan fingerprint density at radius 1 is 1.10 bits per heavy atom. The van der Waals surface area contributed by atoms with Crippen LogP contribution in [0, 0.1) is 0 Å². The van der Waals surface area contributed by atoms with Crippen molar-refractivity contribution in [3.8, 4) is 17.2 Å². The number of halogens is 1. The normalized spacial score (nSPS) is 15.1. The van der Waals surface area contributed by atoms with Crippen LogP contribution in [0.4, 0.5) is 0 Å². The van der Waals surface area contributed by atoms with Crippen LogP contribution in [-0.4, -0.2) is 42.0 Å². The van der Waals surface area contributed by atoms with E-state index in [9.17, 15) is 4.79 Å². The molecular weight excluding hydrogens is 430 g/mol. The number of likely N-dealkylation sites (N-methyl/N-ethyl adjacent to an activating group) is 1. The van der Waals surface area contributed by atoms with Crippen LogP contribution in [0.5, 0.6) is 17.2 Å². The summed E-state index contributed by atoms with van der Waals surface area (Å²) in [6.07, 6.45) is 1.76. The second kappa shape index (κ2) is 10.0. The third kappa shape index (κ3) is 5.23. The highest BCUT2D eigenvalue weighted by molar-refractivity contribution is 8.26. The average Bonchev–Trinajstić information content (AvgIpc) is 2.99. The topological polar surface area (TPSA) is 48.0 Å². The zero-order valence-electron chi connectivity index (χ0n) is 16.0. The number of hydrogen-bond donors (Lipinski definition) is 0. The maximum atomic E-state index is 12.5. The van der Waals surface area contributed by atoms with E-state index in [2.05, 4.69) is 0 Å². The van der Waals surface area contributed by atoms with E-state index in [-0.39, 0.29) is 5.91 Å². The van der Waals surface area contributed by atoms with Crippen molar-refractivity contribution < 1.29 is 19.0 Å². The lowest BCUT2D eigenvalue weighted by Crippen LogP contribution is -2.27. The maximum absolute atomic E-state index is 12.5. The van der Waals surface area contributed by atoms with Crippen molar-refractivity contribution in [3.63, 3.8) is 0 Å². The highest BCUT2D eigenvalue weighted by Crippen LogP contribution is 2.35. The molecule has 29 heavy (non-hydrogen) atoms. The summed E-state index contributed by atoms with van der Waals surface area (Å²) in [4.78, 5) is 14.6. The number of hydrogen-bond acceptors (Lipinski definition) is 6. The predicted octanol–water partition coefficient (Wildman–Crippen LogP) is 5.03. The summed E-state index contributed by atoms with van der Waals surface area (Å²) in [6, 6.07) is 12.7. The van der Waals surface area contributed by atoms with Gasteiger partial charge < -0.3 is 14.2 Å². The highest BCUT2D eigenvalue weighted by Gasteiger charge is 2.30. The van der Waals surface area contributed by atoms with E-state index in [4.69, 9.17) is 38.0 Å². The van der Waals surface area contributed by atoms with Gasteiger partial charge in [-0.05, 0) is 43.3 Å². The highest BCUT2D eigenvalue weighted by atomic mass is 35.5. The average molecular weight is 450 g/mol. The molecule has 0 atom stereocenters. The molecule has 3 rings (SSSR count). The fraction of sp³-hybridized carbons (Fsp3) is 0.238. The molecule has 1 saturated heterocycles. The van der Waals surface area contributed by atoms with Crippen molar-refractivity contribution in [2.45, 2.75) is 6.92 Å². The van der Waals surface area contributed by atoms with Crippen LogP contribution < -0.4 is 14.2 Å². The molecule has 1 aliphatic heterocycles. The fourth-order valence-electron chi connectivity index (χ4n) is 2.72. The van der Waals surface area contributed by atoms with Gasteiger partial charge in [0.2, 0.25) is 0 Å². The Hall–Kier alpha value is -2.22. The van der Waals surface area contributed by atoms with E-state index < -0.39 is 0 Å². The SMILES string of the molecule is CCN1C(=O)/C(=C/c2cc(Cl)ccc2OCCOc2ccccc2OC)SC1=S. The lowest BCUT2D eigenvalue weighted by atomic mass is 10.2. The molecule has 1 aliphatic rings. The van der Waals surface area contributed by atoms with Crippen LogP contribution in [0.25, 0.3) is 6.08 Å². The van der Waals surface area contributed by atoms with E-state index in [1.54, 1.807) is 36.3 Å². The number of carbonyl (C=O) groups is 1. The zero-order valence-corrected chi connectivity index (χ0v) is 18.4. The van der Waals surface area contributed by atoms with Crippen molar-refractivity contribution in [2.24, 2.45) is 0 Å². The summed E-state index contributed by atoms with van der Waals surface area (Å²) in [5, 5.41) is 0.555. The Morgan fingerprint density at radius 2 is 1.79 bits per heavy atom. The Balaban J connectivity index is 1.69. The lowest BCUT2D eigenvalue weighted by Gasteiger charge is -2.13.